The van der Waals surface area contributed by atoms with Gasteiger partial charge in [0.15, 0.2) is 0 Å². The molecule has 1 atom stereocenters. The molecule has 0 radical (unpaired) electrons. The van der Waals surface area contributed by atoms with Crippen molar-refractivity contribution in [1.82, 2.24) is 15.3 Å². The molecule has 6 nitrogen and oxygen atoms in total. The molecule has 8 heteroatoms. The Labute approximate surface area is 183 Å². The van der Waals surface area contributed by atoms with Crippen LogP contribution in [-0.4, -0.2) is 35.1 Å². The summed E-state index contributed by atoms with van der Waals surface area (Å²) in [4.78, 5) is 35.2. The van der Waals surface area contributed by atoms with E-state index in [0.717, 1.165) is 19.4 Å². The molecule has 1 aromatic carbocycles. The lowest BCUT2D eigenvalue weighted by Crippen LogP contribution is -2.31. The average molecular weight is 444 g/mol. The van der Waals surface area contributed by atoms with Crippen LogP contribution in [-0.2, 0) is 10.5 Å². The summed E-state index contributed by atoms with van der Waals surface area (Å²) in [5, 5.41) is 3.44. The summed E-state index contributed by atoms with van der Waals surface area (Å²) in [6.45, 7) is 7.20. The van der Waals surface area contributed by atoms with Crippen molar-refractivity contribution in [3.8, 4) is 0 Å². The van der Waals surface area contributed by atoms with Gasteiger partial charge in [0.2, 0.25) is 0 Å². The van der Waals surface area contributed by atoms with Crippen LogP contribution < -0.4 is 10.9 Å². The van der Waals surface area contributed by atoms with Gasteiger partial charge in [0.05, 0.1) is 22.1 Å². The number of benzene rings is 1. The first-order valence-electron chi connectivity index (χ1n) is 10.0. The maximum Gasteiger partial charge on any atom is 0.261 e. The highest BCUT2D eigenvalue weighted by atomic mass is 32.2. The predicted octanol–water partition coefficient (Wildman–Crippen LogP) is 4.11. The van der Waals surface area contributed by atoms with Crippen molar-refractivity contribution in [2.45, 2.75) is 50.4 Å². The number of nitrogens with one attached hydrogen (secondary N) is 2. The Morgan fingerprint density at radius 3 is 2.97 bits per heavy atom. The Morgan fingerprint density at radius 1 is 1.37 bits per heavy atom. The first-order valence-corrected chi connectivity index (χ1v) is 11.8. The number of rotatable bonds is 6. The van der Waals surface area contributed by atoms with Crippen molar-refractivity contribution in [1.29, 1.82) is 0 Å². The van der Waals surface area contributed by atoms with Crippen LogP contribution in [0.3, 0.4) is 0 Å². The fourth-order valence-corrected chi connectivity index (χ4v) is 5.69. The quantitative estimate of drug-likeness (QED) is 0.560. The number of aromatic nitrogens is 2. The largest absolute Gasteiger partial charge is 0.376 e. The Hall–Kier alpha value is -2.16. The van der Waals surface area contributed by atoms with Crippen LogP contribution in [0.25, 0.3) is 10.2 Å². The molecule has 2 aromatic heterocycles. The van der Waals surface area contributed by atoms with Gasteiger partial charge in [-0.2, -0.15) is 0 Å². The molecule has 1 unspecified atom stereocenters. The Bertz CT molecular complexity index is 1150. The van der Waals surface area contributed by atoms with Crippen LogP contribution in [0.15, 0.2) is 27.9 Å². The Morgan fingerprint density at radius 2 is 2.20 bits per heavy atom. The van der Waals surface area contributed by atoms with Crippen LogP contribution in [0.2, 0.25) is 0 Å². The van der Waals surface area contributed by atoms with Crippen molar-refractivity contribution in [3.05, 3.63) is 55.9 Å². The molecule has 2 N–H and O–H groups in total. The van der Waals surface area contributed by atoms with Crippen molar-refractivity contribution in [2.24, 2.45) is 0 Å². The molecule has 1 aliphatic heterocycles. The van der Waals surface area contributed by atoms with Gasteiger partial charge < -0.3 is 15.0 Å². The second-order valence-corrected chi connectivity index (χ2v) is 9.67. The zero-order chi connectivity index (χ0) is 21.3. The van der Waals surface area contributed by atoms with Gasteiger partial charge in [-0.25, -0.2) is 4.98 Å². The van der Waals surface area contributed by atoms with Crippen molar-refractivity contribution >= 4 is 39.2 Å². The van der Waals surface area contributed by atoms with E-state index in [1.165, 1.54) is 27.4 Å². The van der Waals surface area contributed by atoms with E-state index in [9.17, 15) is 9.59 Å². The number of H-pyrrole nitrogens is 1. The van der Waals surface area contributed by atoms with Gasteiger partial charge in [0, 0.05) is 18.0 Å². The fourth-order valence-electron chi connectivity index (χ4n) is 3.57. The zero-order valence-corrected chi connectivity index (χ0v) is 19.0. The van der Waals surface area contributed by atoms with Gasteiger partial charge in [0.25, 0.3) is 11.5 Å². The number of thiophene rings is 1. The van der Waals surface area contributed by atoms with E-state index in [4.69, 9.17) is 4.74 Å². The van der Waals surface area contributed by atoms with Crippen LogP contribution in [0, 0.1) is 20.8 Å². The smallest absolute Gasteiger partial charge is 0.261 e. The third-order valence-corrected chi connectivity index (χ3v) is 7.63. The first kappa shape index (κ1) is 21.1. The Balaban J connectivity index is 1.53. The molecule has 0 bridgehead atoms. The van der Waals surface area contributed by atoms with Crippen molar-refractivity contribution < 1.29 is 9.53 Å². The number of aromatic amines is 1. The normalized spacial score (nSPS) is 16.3. The van der Waals surface area contributed by atoms with E-state index in [1.54, 1.807) is 18.7 Å². The van der Waals surface area contributed by atoms with Crippen molar-refractivity contribution in [3.63, 3.8) is 0 Å². The second-order valence-electron chi connectivity index (χ2n) is 7.65. The number of fused-ring (bicyclic) bond motifs is 1. The minimum Gasteiger partial charge on any atom is -0.376 e. The van der Waals surface area contributed by atoms with Crippen LogP contribution in [0.4, 0.5) is 0 Å². The molecular weight excluding hydrogens is 418 g/mol. The highest BCUT2D eigenvalue weighted by molar-refractivity contribution is 7.98. The molecule has 4 rings (SSSR count). The van der Waals surface area contributed by atoms with E-state index in [-0.39, 0.29) is 17.6 Å². The number of aryl methyl sites for hydroxylation is 3. The average Bonchev–Trinajstić information content (AvgIpc) is 3.35. The first-order chi connectivity index (χ1) is 14.4. The number of thioether (sulfide) groups is 1. The lowest BCUT2D eigenvalue weighted by Gasteiger charge is -2.10. The molecule has 3 aromatic rings. The molecule has 0 aliphatic carbocycles. The molecule has 3 heterocycles. The third kappa shape index (κ3) is 4.45. The summed E-state index contributed by atoms with van der Waals surface area (Å²) in [5.41, 5.74) is 2.89. The number of carbonyl (C=O) groups excluding carboxylic acids is 1. The van der Waals surface area contributed by atoms with Gasteiger partial charge in [-0.05, 0) is 50.8 Å². The standard InChI is InChI=1S/C22H25N3O3S2/c1-12-6-7-13(2)16(9-12)29-11-17-24-20(26)18-14(3)19(30-22(18)25-17)21(27)23-10-15-5-4-8-28-15/h6-7,9,15H,4-5,8,10-11H2,1-3H3,(H,23,27)(H,24,25,26). The maximum atomic E-state index is 12.7. The van der Waals surface area contributed by atoms with E-state index in [1.807, 2.05) is 0 Å². The molecular formula is C22H25N3O3S2. The Kier molecular flexibility index (Phi) is 6.26. The number of amides is 1. The van der Waals surface area contributed by atoms with Gasteiger partial charge in [-0.3, -0.25) is 9.59 Å². The number of hydrogen-bond acceptors (Lipinski definition) is 6. The highest BCUT2D eigenvalue weighted by Crippen LogP contribution is 2.29. The summed E-state index contributed by atoms with van der Waals surface area (Å²) >= 11 is 2.93. The minimum absolute atomic E-state index is 0.0823. The van der Waals surface area contributed by atoms with E-state index in [2.05, 4.69) is 47.3 Å². The number of hydrogen-bond donors (Lipinski definition) is 2. The molecule has 1 saturated heterocycles. The second kappa shape index (κ2) is 8.91. The molecule has 0 saturated carbocycles. The summed E-state index contributed by atoms with van der Waals surface area (Å²) in [7, 11) is 0. The summed E-state index contributed by atoms with van der Waals surface area (Å²) in [6.07, 6.45) is 2.08. The minimum atomic E-state index is -0.191. The van der Waals surface area contributed by atoms with E-state index < -0.39 is 0 Å². The molecule has 0 spiro atoms. The van der Waals surface area contributed by atoms with E-state index in [0.29, 0.717) is 38.8 Å². The van der Waals surface area contributed by atoms with Crippen LogP contribution in [0.5, 0.6) is 0 Å². The zero-order valence-electron chi connectivity index (χ0n) is 17.3. The number of ether oxygens (including phenoxy) is 1. The monoisotopic (exact) mass is 443 g/mol. The van der Waals surface area contributed by atoms with Gasteiger partial charge in [-0.1, -0.05) is 17.7 Å². The SMILES string of the molecule is Cc1ccc(C)c(SCc2nc3sc(C(=O)NCC4CCCO4)c(C)c3c(=O)[nH]2)c1. The molecule has 1 amide bonds. The topological polar surface area (TPSA) is 84.1 Å². The fraction of sp³-hybridized carbons (Fsp3) is 0.409. The summed E-state index contributed by atoms with van der Waals surface area (Å²) in [6, 6.07) is 6.33. The molecule has 30 heavy (non-hydrogen) atoms. The number of nitrogens with zero attached hydrogens (tertiary/aromatic N) is 1. The van der Waals surface area contributed by atoms with Gasteiger partial charge >= 0.3 is 0 Å². The highest BCUT2D eigenvalue weighted by Gasteiger charge is 2.21. The molecule has 158 valence electrons. The summed E-state index contributed by atoms with van der Waals surface area (Å²) in [5.74, 6) is 1.01. The van der Waals surface area contributed by atoms with Crippen molar-refractivity contribution in [2.75, 3.05) is 13.2 Å². The lowest BCUT2D eigenvalue weighted by molar-refractivity contribution is 0.0860. The molecule has 1 aliphatic rings. The lowest BCUT2D eigenvalue weighted by atomic mass is 10.2. The number of carbonyl (C=O) groups is 1. The van der Waals surface area contributed by atoms with E-state index >= 15 is 0 Å². The molecule has 1 fully saturated rings. The predicted molar refractivity (Wildman–Crippen MR) is 122 cm³/mol. The maximum absolute atomic E-state index is 12.7. The summed E-state index contributed by atoms with van der Waals surface area (Å²) < 4.78 is 5.56. The van der Waals surface area contributed by atoms with Gasteiger partial charge in [-0.15, -0.1) is 23.1 Å². The van der Waals surface area contributed by atoms with Crippen LogP contribution in [0.1, 0.15) is 45.0 Å². The van der Waals surface area contributed by atoms with Crippen LogP contribution >= 0.6 is 23.1 Å². The third-order valence-electron chi connectivity index (χ3n) is 5.28. The van der Waals surface area contributed by atoms with Gasteiger partial charge in [0.1, 0.15) is 10.7 Å².